The summed E-state index contributed by atoms with van der Waals surface area (Å²) >= 11 is 0. The second kappa shape index (κ2) is 4.65. The second-order valence-electron chi connectivity index (χ2n) is 3.52. The van der Waals surface area contributed by atoms with Gasteiger partial charge in [-0.2, -0.15) is 0 Å². The first kappa shape index (κ1) is 11.1. The van der Waals surface area contributed by atoms with Crippen LogP contribution >= 0.6 is 0 Å². The molecule has 1 heterocycles. The first-order valence-electron chi connectivity index (χ1n) is 5.11. The molecule has 0 aliphatic rings. The predicted molar refractivity (Wildman–Crippen MR) is 66.5 cm³/mol. The summed E-state index contributed by atoms with van der Waals surface area (Å²) < 4.78 is 5.12. The maximum Gasteiger partial charge on any atom is 0.241 e. The Bertz CT molecular complexity index is 591. The van der Waals surface area contributed by atoms with Crippen LogP contribution in [0.5, 0.6) is 5.75 Å². The summed E-state index contributed by atoms with van der Waals surface area (Å²) in [5.41, 5.74) is 6.80. The van der Waals surface area contributed by atoms with Gasteiger partial charge in [0, 0.05) is 11.5 Å². The van der Waals surface area contributed by atoms with Gasteiger partial charge in [0.15, 0.2) is 0 Å². The molecule has 1 aromatic heterocycles. The number of carbonyl (C=O) groups excluding carboxylic acids is 1. The van der Waals surface area contributed by atoms with Crippen LogP contribution in [0.1, 0.15) is 5.56 Å². The molecule has 0 bridgehead atoms. The van der Waals surface area contributed by atoms with Crippen LogP contribution in [0, 0.1) is 0 Å². The first-order chi connectivity index (χ1) is 8.20. The molecule has 0 saturated carbocycles. The van der Waals surface area contributed by atoms with Crippen molar-refractivity contribution < 1.29 is 9.53 Å². The first-order valence-corrected chi connectivity index (χ1v) is 5.11. The number of ether oxygens (including phenoxy) is 1. The van der Waals surface area contributed by atoms with Crippen LogP contribution < -0.4 is 10.5 Å². The molecular weight excluding hydrogens is 216 g/mol. The summed E-state index contributed by atoms with van der Waals surface area (Å²) in [6, 6.07) is 7.55. The molecule has 0 spiro atoms. The summed E-state index contributed by atoms with van der Waals surface area (Å²) in [4.78, 5) is 15.0. The molecule has 4 heteroatoms. The Morgan fingerprint density at radius 2 is 2.29 bits per heavy atom. The van der Waals surface area contributed by atoms with Gasteiger partial charge >= 0.3 is 0 Å². The predicted octanol–water partition coefficient (Wildman–Crippen LogP) is 1.74. The fourth-order valence-corrected chi connectivity index (χ4v) is 1.58. The van der Waals surface area contributed by atoms with E-state index >= 15 is 0 Å². The number of hydrogen-bond acceptors (Lipinski definition) is 3. The third kappa shape index (κ3) is 2.42. The molecule has 0 unspecified atom stereocenters. The standard InChI is InChI=1S/C13H12N2O2/c1-17-10-7-11-9(5-6-13(14)16)3-2-4-12(11)15-8-10/h2-8H,1H3,(H2,14,16). The molecule has 2 N–H and O–H groups in total. The van der Waals surface area contributed by atoms with E-state index < -0.39 is 5.91 Å². The van der Waals surface area contributed by atoms with Gasteiger partial charge in [0.1, 0.15) is 5.75 Å². The van der Waals surface area contributed by atoms with Crippen molar-refractivity contribution in [1.82, 2.24) is 4.98 Å². The van der Waals surface area contributed by atoms with Crippen molar-refractivity contribution >= 4 is 22.9 Å². The average Bonchev–Trinajstić information content (AvgIpc) is 2.35. The van der Waals surface area contributed by atoms with E-state index in [1.165, 1.54) is 6.08 Å². The minimum Gasteiger partial charge on any atom is -0.495 e. The van der Waals surface area contributed by atoms with Gasteiger partial charge in [0.05, 0.1) is 18.8 Å². The number of pyridine rings is 1. The Balaban J connectivity index is 2.58. The van der Waals surface area contributed by atoms with Gasteiger partial charge in [-0.05, 0) is 23.8 Å². The van der Waals surface area contributed by atoms with Crippen LogP contribution in [0.4, 0.5) is 0 Å². The molecule has 86 valence electrons. The van der Waals surface area contributed by atoms with Crippen molar-refractivity contribution in [2.45, 2.75) is 0 Å². The van der Waals surface area contributed by atoms with Crippen molar-refractivity contribution in [2.75, 3.05) is 7.11 Å². The fraction of sp³-hybridized carbons (Fsp3) is 0.0769. The Kier molecular flexibility index (Phi) is 3.05. The van der Waals surface area contributed by atoms with Crippen LogP contribution in [0.2, 0.25) is 0 Å². The molecule has 1 amide bonds. The number of carbonyl (C=O) groups is 1. The van der Waals surface area contributed by atoms with Gasteiger partial charge < -0.3 is 10.5 Å². The van der Waals surface area contributed by atoms with Crippen molar-refractivity contribution in [2.24, 2.45) is 5.73 Å². The van der Waals surface area contributed by atoms with Crippen molar-refractivity contribution in [3.63, 3.8) is 0 Å². The molecule has 0 aliphatic heterocycles. The van der Waals surface area contributed by atoms with Crippen LogP contribution in [-0.4, -0.2) is 18.0 Å². The normalized spacial score (nSPS) is 10.9. The monoisotopic (exact) mass is 228 g/mol. The number of primary amides is 1. The number of amides is 1. The van der Waals surface area contributed by atoms with Crippen molar-refractivity contribution in [3.8, 4) is 5.75 Å². The lowest BCUT2D eigenvalue weighted by atomic mass is 10.1. The molecule has 0 fully saturated rings. The minimum atomic E-state index is -0.474. The highest BCUT2D eigenvalue weighted by Gasteiger charge is 2.01. The molecular formula is C13H12N2O2. The summed E-state index contributed by atoms with van der Waals surface area (Å²) in [5.74, 6) is 0.204. The number of nitrogens with zero attached hydrogens (tertiary/aromatic N) is 1. The van der Waals surface area contributed by atoms with Crippen LogP contribution in [0.15, 0.2) is 36.5 Å². The second-order valence-corrected chi connectivity index (χ2v) is 3.52. The zero-order valence-corrected chi connectivity index (χ0v) is 9.38. The lowest BCUT2D eigenvalue weighted by Gasteiger charge is -2.04. The SMILES string of the molecule is COc1cnc2cccc(C=CC(N)=O)c2c1. The van der Waals surface area contributed by atoms with Gasteiger partial charge in [0.2, 0.25) is 5.91 Å². The lowest BCUT2D eigenvalue weighted by Crippen LogP contribution is -2.05. The number of nitrogens with two attached hydrogens (primary N) is 1. The molecule has 2 rings (SSSR count). The Morgan fingerprint density at radius 1 is 1.47 bits per heavy atom. The smallest absolute Gasteiger partial charge is 0.241 e. The van der Waals surface area contributed by atoms with Crippen LogP contribution in [-0.2, 0) is 4.79 Å². The summed E-state index contributed by atoms with van der Waals surface area (Å²) in [7, 11) is 1.59. The molecule has 0 atom stereocenters. The number of methoxy groups -OCH3 is 1. The number of aromatic nitrogens is 1. The van der Waals surface area contributed by atoms with E-state index in [0.29, 0.717) is 5.75 Å². The maximum absolute atomic E-state index is 10.7. The number of rotatable bonds is 3. The molecule has 1 aromatic carbocycles. The van der Waals surface area contributed by atoms with E-state index in [1.807, 2.05) is 24.3 Å². The van der Waals surface area contributed by atoms with E-state index in [4.69, 9.17) is 10.5 Å². The summed E-state index contributed by atoms with van der Waals surface area (Å²) in [6.45, 7) is 0. The zero-order chi connectivity index (χ0) is 12.3. The average molecular weight is 228 g/mol. The highest BCUT2D eigenvalue weighted by Crippen LogP contribution is 2.22. The topological polar surface area (TPSA) is 65.2 Å². The van der Waals surface area contributed by atoms with Gasteiger partial charge in [-0.3, -0.25) is 9.78 Å². The van der Waals surface area contributed by atoms with E-state index in [2.05, 4.69) is 4.98 Å². The maximum atomic E-state index is 10.7. The van der Waals surface area contributed by atoms with E-state index in [-0.39, 0.29) is 0 Å². The highest BCUT2D eigenvalue weighted by molar-refractivity contribution is 5.95. The molecule has 2 aromatic rings. The summed E-state index contributed by atoms with van der Waals surface area (Å²) in [5, 5.41) is 0.921. The number of benzene rings is 1. The lowest BCUT2D eigenvalue weighted by molar-refractivity contribution is -0.113. The largest absolute Gasteiger partial charge is 0.495 e. The van der Waals surface area contributed by atoms with Crippen molar-refractivity contribution in [3.05, 3.63) is 42.1 Å². The fourth-order valence-electron chi connectivity index (χ4n) is 1.58. The van der Waals surface area contributed by atoms with Gasteiger partial charge in [-0.1, -0.05) is 12.1 Å². The van der Waals surface area contributed by atoms with E-state index in [1.54, 1.807) is 19.4 Å². The molecule has 4 nitrogen and oxygen atoms in total. The Hall–Kier alpha value is -2.36. The van der Waals surface area contributed by atoms with Gasteiger partial charge in [-0.15, -0.1) is 0 Å². The quantitative estimate of drug-likeness (QED) is 0.814. The highest BCUT2D eigenvalue weighted by atomic mass is 16.5. The van der Waals surface area contributed by atoms with Crippen LogP contribution in [0.3, 0.4) is 0 Å². The Morgan fingerprint density at radius 3 is 3.00 bits per heavy atom. The minimum absolute atomic E-state index is 0.474. The third-order valence-electron chi connectivity index (χ3n) is 2.40. The zero-order valence-electron chi connectivity index (χ0n) is 9.38. The van der Waals surface area contributed by atoms with E-state index in [0.717, 1.165) is 16.5 Å². The number of fused-ring (bicyclic) bond motifs is 1. The molecule has 17 heavy (non-hydrogen) atoms. The molecule has 0 aliphatic carbocycles. The Labute approximate surface area is 98.7 Å². The van der Waals surface area contributed by atoms with Crippen molar-refractivity contribution in [1.29, 1.82) is 0 Å². The van der Waals surface area contributed by atoms with Crippen LogP contribution in [0.25, 0.3) is 17.0 Å². The van der Waals surface area contributed by atoms with E-state index in [9.17, 15) is 4.79 Å². The van der Waals surface area contributed by atoms with Gasteiger partial charge in [0.25, 0.3) is 0 Å². The molecule has 0 saturated heterocycles. The molecule has 0 radical (unpaired) electrons. The summed E-state index contributed by atoms with van der Waals surface area (Å²) in [6.07, 6.45) is 4.66. The number of hydrogen-bond donors (Lipinski definition) is 1. The van der Waals surface area contributed by atoms with Gasteiger partial charge in [-0.25, -0.2) is 0 Å². The third-order valence-corrected chi connectivity index (χ3v) is 2.40.